The molecule has 0 saturated heterocycles. The zero-order valence-corrected chi connectivity index (χ0v) is 13.1. The van der Waals surface area contributed by atoms with Crippen molar-refractivity contribution in [2.24, 2.45) is 0 Å². The summed E-state index contributed by atoms with van der Waals surface area (Å²) in [7, 11) is 0. The number of ether oxygens (including phenoxy) is 1. The minimum atomic E-state index is 0.0811. The Hall–Kier alpha value is -2.03. The Morgan fingerprint density at radius 3 is 2.71 bits per heavy atom. The fourth-order valence-electron chi connectivity index (χ4n) is 2.45. The van der Waals surface area contributed by atoms with Crippen molar-refractivity contribution in [1.29, 1.82) is 0 Å². The van der Waals surface area contributed by atoms with Gasteiger partial charge in [0.25, 0.3) is 5.56 Å². The van der Waals surface area contributed by atoms with Crippen LogP contribution in [-0.2, 0) is 11.3 Å². The van der Waals surface area contributed by atoms with Crippen LogP contribution in [0, 0.1) is 13.8 Å². The molecule has 0 unspecified atom stereocenters. The first kappa shape index (κ1) is 15.4. The first-order valence-corrected chi connectivity index (χ1v) is 7.44. The molecule has 1 heterocycles. The molecule has 0 radical (unpaired) electrons. The van der Waals surface area contributed by atoms with Gasteiger partial charge in [-0.1, -0.05) is 12.6 Å². The third-order valence-corrected chi connectivity index (χ3v) is 3.79. The van der Waals surface area contributed by atoms with Gasteiger partial charge in [-0.15, -0.1) is 0 Å². The van der Waals surface area contributed by atoms with Crippen molar-refractivity contribution in [3.05, 3.63) is 58.2 Å². The van der Waals surface area contributed by atoms with Gasteiger partial charge in [-0.05, 0) is 55.8 Å². The van der Waals surface area contributed by atoms with E-state index in [0.29, 0.717) is 13.2 Å². The minimum Gasteiger partial charge on any atom is -0.499 e. The molecule has 112 valence electrons. The van der Waals surface area contributed by atoms with Crippen LogP contribution in [0.2, 0.25) is 0 Å². The highest BCUT2D eigenvalue weighted by molar-refractivity contribution is 5.83. The van der Waals surface area contributed by atoms with E-state index in [1.807, 2.05) is 32.2 Å². The molecular weight excluding hydrogens is 262 g/mol. The van der Waals surface area contributed by atoms with Gasteiger partial charge in [0, 0.05) is 24.5 Å². The number of rotatable bonds is 6. The van der Waals surface area contributed by atoms with Gasteiger partial charge in [0.1, 0.15) is 0 Å². The predicted octanol–water partition coefficient (Wildman–Crippen LogP) is 3.95. The zero-order valence-electron chi connectivity index (χ0n) is 13.1. The van der Waals surface area contributed by atoms with Crippen LogP contribution >= 0.6 is 0 Å². The SMILES string of the molecule is C=C(CCCn1ccc2cc(C)c(C)cc2c1=O)OCC. The van der Waals surface area contributed by atoms with E-state index < -0.39 is 0 Å². The van der Waals surface area contributed by atoms with Crippen LogP contribution in [0.25, 0.3) is 10.8 Å². The number of hydrogen-bond donors (Lipinski definition) is 0. The Balaban J connectivity index is 2.18. The van der Waals surface area contributed by atoms with E-state index in [2.05, 4.69) is 19.6 Å². The number of hydrogen-bond acceptors (Lipinski definition) is 2. The molecule has 3 nitrogen and oxygen atoms in total. The highest BCUT2D eigenvalue weighted by atomic mass is 16.5. The van der Waals surface area contributed by atoms with Crippen molar-refractivity contribution >= 4 is 10.8 Å². The maximum absolute atomic E-state index is 12.5. The van der Waals surface area contributed by atoms with E-state index in [0.717, 1.165) is 34.9 Å². The van der Waals surface area contributed by atoms with Crippen LogP contribution in [0.1, 0.15) is 30.9 Å². The van der Waals surface area contributed by atoms with Gasteiger partial charge < -0.3 is 9.30 Å². The third kappa shape index (κ3) is 3.54. The van der Waals surface area contributed by atoms with Crippen molar-refractivity contribution in [3.8, 4) is 0 Å². The second kappa shape index (κ2) is 6.61. The lowest BCUT2D eigenvalue weighted by Gasteiger charge is -2.10. The summed E-state index contributed by atoms with van der Waals surface area (Å²) in [6.07, 6.45) is 3.52. The first-order chi connectivity index (χ1) is 10.0. The molecule has 0 aliphatic rings. The summed E-state index contributed by atoms with van der Waals surface area (Å²) in [6, 6.07) is 6.08. The number of pyridine rings is 1. The van der Waals surface area contributed by atoms with Crippen LogP contribution in [-0.4, -0.2) is 11.2 Å². The van der Waals surface area contributed by atoms with Gasteiger partial charge >= 0.3 is 0 Å². The summed E-state index contributed by atoms with van der Waals surface area (Å²) >= 11 is 0. The van der Waals surface area contributed by atoms with Gasteiger partial charge in [-0.2, -0.15) is 0 Å². The van der Waals surface area contributed by atoms with Gasteiger partial charge in [0.05, 0.1) is 12.4 Å². The second-order valence-corrected chi connectivity index (χ2v) is 5.41. The Morgan fingerprint density at radius 1 is 1.29 bits per heavy atom. The smallest absolute Gasteiger partial charge is 0.258 e. The standard InChI is InChI=1S/C18H23NO2/c1-5-21-15(4)7-6-9-19-10-8-16-11-13(2)14(3)12-17(16)18(19)20/h8,10-12H,4-7,9H2,1-3H3. The Labute approximate surface area is 125 Å². The van der Waals surface area contributed by atoms with Crippen molar-refractivity contribution in [2.45, 2.75) is 40.2 Å². The number of fused-ring (bicyclic) bond motifs is 1. The molecule has 1 aromatic heterocycles. The first-order valence-electron chi connectivity index (χ1n) is 7.44. The third-order valence-electron chi connectivity index (χ3n) is 3.79. The summed E-state index contributed by atoms with van der Waals surface area (Å²) in [5, 5.41) is 1.81. The molecular formula is C18H23NO2. The highest BCUT2D eigenvalue weighted by Gasteiger charge is 2.05. The molecule has 3 heteroatoms. The Kier molecular flexibility index (Phi) is 4.84. The van der Waals surface area contributed by atoms with Gasteiger partial charge in [0.2, 0.25) is 0 Å². The predicted molar refractivity (Wildman–Crippen MR) is 87.7 cm³/mol. The molecule has 0 aliphatic carbocycles. The van der Waals surface area contributed by atoms with Gasteiger partial charge in [-0.25, -0.2) is 0 Å². The summed E-state index contributed by atoms with van der Waals surface area (Å²) in [6.45, 7) is 11.3. The lowest BCUT2D eigenvalue weighted by Crippen LogP contribution is -2.19. The van der Waals surface area contributed by atoms with E-state index in [1.54, 1.807) is 4.57 Å². The van der Waals surface area contributed by atoms with Crippen LogP contribution in [0.15, 0.2) is 41.5 Å². The van der Waals surface area contributed by atoms with E-state index in [4.69, 9.17) is 4.74 Å². The van der Waals surface area contributed by atoms with Crippen LogP contribution in [0.4, 0.5) is 0 Å². The van der Waals surface area contributed by atoms with E-state index in [1.165, 1.54) is 5.56 Å². The van der Waals surface area contributed by atoms with Crippen LogP contribution < -0.4 is 5.56 Å². The fourth-order valence-corrected chi connectivity index (χ4v) is 2.45. The minimum absolute atomic E-state index is 0.0811. The van der Waals surface area contributed by atoms with Crippen molar-refractivity contribution in [1.82, 2.24) is 4.57 Å². The summed E-state index contributed by atoms with van der Waals surface area (Å²) in [5.74, 6) is 0.790. The molecule has 0 N–H and O–H groups in total. The van der Waals surface area contributed by atoms with Gasteiger partial charge in [-0.3, -0.25) is 4.79 Å². The molecule has 2 rings (SSSR count). The molecule has 0 fully saturated rings. The lowest BCUT2D eigenvalue weighted by molar-refractivity contribution is 0.217. The molecule has 0 saturated carbocycles. The number of aryl methyl sites for hydroxylation is 3. The topological polar surface area (TPSA) is 31.2 Å². The molecule has 1 aromatic carbocycles. The van der Waals surface area contributed by atoms with Crippen molar-refractivity contribution < 1.29 is 4.74 Å². The summed E-state index contributed by atoms with van der Waals surface area (Å²) < 4.78 is 7.10. The average molecular weight is 285 g/mol. The quantitative estimate of drug-likeness (QED) is 0.753. The molecule has 0 bridgehead atoms. The molecule has 0 amide bonds. The normalized spacial score (nSPS) is 10.8. The largest absolute Gasteiger partial charge is 0.499 e. The molecule has 0 atom stereocenters. The average Bonchev–Trinajstić information content (AvgIpc) is 2.44. The van der Waals surface area contributed by atoms with Crippen LogP contribution in [0.5, 0.6) is 0 Å². The number of nitrogens with zero attached hydrogens (tertiary/aromatic N) is 1. The number of benzene rings is 1. The Morgan fingerprint density at radius 2 is 2.00 bits per heavy atom. The molecule has 0 aliphatic heterocycles. The zero-order chi connectivity index (χ0) is 15.4. The fraction of sp³-hybridized carbons (Fsp3) is 0.389. The van der Waals surface area contributed by atoms with Crippen molar-refractivity contribution in [2.75, 3.05) is 6.61 Å². The maximum Gasteiger partial charge on any atom is 0.258 e. The monoisotopic (exact) mass is 285 g/mol. The van der Waals surface area contributed by atoms with Gasteiger partial charge in [0.15, 0.2) is 0 Å². The molecule has 2 aromatic rings. The molecule has 0 spiro atoms. The van der Waals surface area contributed by atoms with Crippen LogP contribution in [0.3, 0.4) is 0 Å². The molecule has 21 heavy (non-hydrogen) atoms. The van der Waals surface area contributed by atoms with E-state index >= 15 is 0 Å². The summed E-state index contributed by atoms with van der Waals surface area (Å²) in [4.78, 5) is 12.5. The maximum atomic E-state index is 12.5. The highest BCUT2D eigenvalue weighted by Crippen LogP contribution is 2.16. The number of allylic oxidation sites excluding steroid dienone is 1. The Bertz CT molecular complexity index is 713. The van der Waals surface area contributed by atoms with E-state index in [-0.39, 0.29) is 5.56 Å². The summed E-state index contributed by atoms with van der Waals surface area (Å²) in [5.41, 5.74) is 2.45. The lowest BCUT2D eigenvalue weighted by atomic mass is 10.0. The number of aromatic nitrogens is 1. The second-order valence-electron chi connectivity index (χ2n) is 5.41. The van der Waals surface area contributed by atoms with E-state index in [9.17, 15) is 4.79 Å². The van der Waals surface area contributed by atoms with Crippen molar-refractivity contribution in [3.63, 3.8) is 0 Å².